The number of furan rings is 1. The van der Waals surface area contributed by atoms with Crippen LogP contribution in [0.3, 0.4) is 0 Å². The molecule has 0 atom stereocenters. The molecule has 0 radical (unpaired) electrons. The fourth-order valence-corrected chi connectivity index (χ4v) is 7.19. The molecule has 5 nitrogen and oxygen atoms in total. The average Bonchev–Trinajstić information content (AvgIpc) is 3.67. The van der Waals surface area contributed by atoms with Crippen molar-refractivity contribution in [1.29, 1.82) is 0 Å². The van der Waals surface area contributed by atoms with E-state index in [1.165, 1.54) is 20.2 Å². The predicted molar refractivity (Wildman–Crippen MR) is 180 cm³/mol. The van der Waals surface area contributed by atoms with Crippen molar-refractivity contribution in [2.45, 2.75) is 0 Å². The van der Waals surface area contributed by atoms with E-state index in [1.807, 2.05) is 84.1 Å². The fourth-order valence-electron chi connectivity index (χ4n) is 5.95. The molecule has 44 heavy (non-hydrogen) atoms. The maximum atomic E-state index is 6.45. The van der Waals surface area contributed by atoms with Crippen LogP contribution >= 0.6 is 11.3 Å². The Balaban J connectivity index is 1.37. The first kappa shape index (κ1) is 24.8. The minimum absolute atomic E-state index is 0.571. The van der Waals surface area contributed by atoms with E-state index in [-0.39, 0.29) is 0 Å². The Morgan fingerprint density at radius 3 is 1.95 bits per heavy atom. The highest BCUT2D eigenvalue weighted by molar-refractivity contribution is 7.26. The zero-order chi connectivity index (χ0) is 29.0. The average molecular weight is 583 g/mol. The second-order valence-electron chi connectivity index (χ2n) is 10.7. The summed E-state index contributed by atoms with van der Waals surface area (Å²) >= 11 is 1.81. The van der Waals surface area contributed by atoms with Crippen molar-refractivity contribution in [2.75, 3.05) is 0 Å². The quantitative estimate of drug-likeness (QED) is 0.207. The first-order valence-electron chi connectivity index (χ1n) is 14.4. The second-order valence-corrected chi connectivity index (χ2v) is 11.7. The number of hydrogen-bond donors (Lipinski definition) is 0. The molecule has 0 saturated heterocycles. The summed E-state index contributed by atoms with van der Waals surface area (Å²) in [6.45, 7) is 0. The molecular weight excluding hydrogens is 561 g/mol. The third-order valence-corrected chi connectivity index (χ3v) is 9.21. The van der Waals surface area contributed by atoms with Crippen LogP contribution in [0, 0.1) is 0 Å². The van der Waals surface area contributed by atoms with Gasteiger partial charge in [0, 0.05) is 43.1 Å². The summed E-state index contributed by atoms with van der Waals surface area (Å²) in [4.78, 5) is 19.8. The van der Waals surface area contributed by atoms with Crippen LogP contribution < -0.4 is 0 Å². The molecule has 6 heteroatoms. The molecule has 0 bridgehead atoms. The van der Waals surface area contributed by atoms with Crippen LogP contribution in [0.15, 0.2) is 138 Å². The third kappa shape index (κ3) is 4.00. The summed E-state index contributed by atoms with van der Waals surface area (Å²) in [7, 11) is 0. The molecule has 0 N–H and O–H groups in total. The minimum Gasteiger partial charge on any atom is -0.454 e. The fraction of sp³-hybridized carbons (Fsp3) is 0. The highest BCUT2D eigenvalue weighted by atomic mass is 32.1. The van der Waals surface area contributed by atoms with E-state index in [1.54, 1.807) is 6.20 Å². The van der Waals surface area contributed by atoms with E-state index in [0.29, 0.717) is 17.5 Å². The smallest absolute Gasteiger partial charge is 0.164 e. The topological polar surface area (TPSA) is 64.7 Å². The van der Waals surface area contributed by atoms with Crippen molar-refractivity contribution in [3.05, 3.63) is 134 Å². The normalized spacial score (nSPS) is 11.6. The molecule has 9 aromatic rings. The number of hydrogen-bond acceptors (Lipinski definition) is 6. The van der Waals surface area contributed by atoms with Crippen molar-refractivity contribution in [3.8, 4) is 45.3 Å². The van der Waals surface area contributed by atoms with Crippen LogP contribution in [-0.4, -0.2) is 19.9 Å². The van der Waals surface area contributed by atoms with Crippen LogP contribution in [-0.2, 0) is 0 Å². The van der Waals surface area contributed by atoms with Crippen LogP contribution in [0.2, 0.25) is 0 Å². The Morgan fingerprint density at radius 1 is 0.500 bits per heavy atom. The van der Waals surface area contributed by atoms with Gasteiger partial charge in [-0.2, -0.15) is 0 Å². The second kappa shape index (κ2) is 9.93. The summed E-state index contributed by atoms with van der Waals surface area (Å²) in [6.07, 6.45) is 1.80. The summed E-state index contributed by atoms with van der Waals surface area (Å²) in [5, 5.41) is 3.40. The molecule has 0 aliphatic heterocycles. The molecule has 5 aromatic carbocycles. The lowest BCUT2D eigenvalue weighted by Crippen LogP contribution is -2.00. The molecule has 0 unspecified atom stereocenters. The molecular formula is C38H22N4OS. The third-order valence-electron chi connectivity index (χ3n) is 7.99. The summed E-state index contributed by atoms with van der Waals surface area (Å²) in [5.74, 6) is 1.79. The van der Waals surface area contributed by atoms with Gasteiger partial charge in [0.2, 0.25) is 0 Å². The Kier molecular flexibility index (Phi) is 5.61. The van der Waals surface area contributed by atoms with Crippen molar-refractivity contribution in [3.63, 3.8) is 0 Å². The molecule has 0 spiro atoms. The Labute approximate surface area is 256 Å². The first-order chi connectivity index (χ1) is 21.8. The number of rotatable bonds is 4. The van der Waals surface area contributed by atoms with Crippen LogP contribution in [0.5, 0.6) is 0 Å². The number of fused-ring (bicyclic) bond motifs is 6. The van der Waals surface area contributed by atoms with Gasteiger partial charge in [-0.1, -0.05) is 97.1 Å². The summed E-state index contributed by atoms with van der Waals surface area (Å²) in [6, 6.07) is 43.3. The van der Waals surface area contributed by atoms with E-state index in [2.05, 4.69) is 54.6 Å². The number of thiophene rings is 1. The largest absolute Gasteiger partial charge is 0.454 e. The number of pyridine rings is 1. The molecule has 0 saturated carbocycles. The van der Waals surface area contributed by atoms with Crippen molar-refractivity contribution in [2.24, 2.45) is 0 Å². The predicted octanol–water partition coefficient (Wildman–Crippen LogP) is 10.2. The standard InChI is InChI=1S/C38H22N4OS/c1-3-11-23(12-4-1)36-40-37(24-13-5-2-6-14-24)42-38(41-36)29-21-25(22-31-33(29)34-30(43-31)18-10-20-39-34)26-16-9-17-28-27-15-7-8-19-32(27)44-35(26)28/h1-22H. The first-order valence-corrected chi connectivity index (χ1v) is 15.2. The van der Waals surface area contributed by atoms with Gasteiger partial charge in [-0.15, -0.1) is 11.3 Å². The van der Waals surface area contributed by atoms with Gasteiger partial charge in [0.15, 0.2) is 23.1 Å². The molecule has 0 fully saturated rings. The zero-order valence-electron chi connectivity index (χ0n) is 23.3. The molecule has 0 amide bonds. The Hall–Kier alpha value is -5.72. The van der Waals surface area contributed by atoms with E-state index in [0.717, 1.165) is 49.9 Å². The highest BCUT2D eigenvalue weighted by Gasteiger charge is 2.21. The summed E-state index contributed by atoms with van der Waals surface area (Å²) < 4.78 is 8.95. The van der Waals surface area contributed by atoms with Gasteiger partial charge in [-0.25, -0.2) is 15.0 Å². The monoisotopic (exact) mass is 582 g/mol. The maximum Gasteiger partial charge on any atom is 0.164 e. The number of aromatic nitrogens is 4. The molecule has 4 heterocycles. The maximum absolute atomic E-state index is 6.45. The van der Waals surface area contributed by atoms with Crippen molar-refractivity contribution in [1.82, 2.24) is 19.9 Å². The van der Waals surface area contributed by atoms with Gasteiger partial charge in [-0.05, 0) is 41.5 Å². The molecule has 9 rings (SSSR count). The van der Waals surface area contributed by atoms with E-state index in [4.69, 9.17) is 24.4 Å². The molecule has 0 aliphatic rings. The molecule has 206 valence electrons. The van der Waals surface area contributed by atoms with Gasteiger partial charge in [0.05, 0.1) is 5.39 Å². The lowest BCUT2D eigenvalue weighted by Gasteiger charge is -2.11. The van der Waals surface area contributed by atoms with Crippen molar-refractivity contribution < 1.29 is 4.42 Å². The van der Waals surface area contributed by atoms with Crippen LogP contribution in [0.1, 0.15) is 0 Å². The molecule has 4 aromatic heterocycles. The lowest BCUT2D eigenvalue weighted by atomic mass is 9.98. The highest BCUT2D eigenvalue weighted by Crippen LogP contribution is 2.43. The van der Waals surface area contributed by atoms with Crippen LogP contribution in [0.25, 0.3) is 87.5 Å². The van der Waals surface area contributed by atoms with E-state index < -0.39 is 0 Å². The number of nitrogens with zero attached hydrogens (tertiary/aromatic N) is 4. The molecule has 0 aliphatic carbocycles. The Bertz CT molecular complexity index is 2440. The van der Waals surface area contributed by atoms with Gasteiger partial charge in [0.1, 0.15) is 11.1 Å². The Morgan fingerprint density at radius 2 is 1.18 bits per heavy atom. The van der Waals surface area contributed by atoms with Gasteiger partial charge < -0.3 is 4.42 Å². The van der Waals surface area contributed by atoms with Crippen molar-refractivity contribution >= 4 is 53.6 Å². The SMILES string of the molecule is c1ccc(-c2nc(-c3ccccc3)nc(-c3cc(-c4cccc5c4sc4ccccc45)cc4oc5cccnc5c34)n2)cc1. The lowest BCUT2D eigenvalue weighted by molar-refractivity contribution is 0.668. The van der Waals surface area contributed by atoms with Crippen LogP contribution in [0.4, 0.5) is 0 Å². The zero-order valence-corrected chi connectivity index (χ0v) is 24.1. The van der Waals surface area contributed by atoms with Gasteiger partial charge in [0.25, 0.3) is 0 Å². The van der Waals surface area contributed by atoms with E-state index >= 15 is 0 Å². The summed E-state index contributed by atoms with van der Waals surface area (Å²) in [5.41, 5.74) is 7.12. The van der Waals surface area contributed by atoms with E-state index in [9.17, 15) is 0 Å². The van der Waals surface area contributed by atoms with Gasteiger partial charge in [-0.3, -0.25) is 4.98 Å². The minimum atomic E-state index is 0.571. The van der Waals surface area contributed by atoms with Gasteiger partial charge >= 0.3 is 0 Å². The number of benzene rings is 5.